The zero-order valence-electron chi connectivity index (χ0n) is 9.21. The van der Waals surface area contributed by atoms with E-state index >= 15 is 0 Å². The molecule has 2 rings (SSSR count). The van der Waals surface area contributed by atoms with Gasteiger partial charge in [-0.3, -0.25) is 15.1 Å². The minimum Gasteiger partial charge on any atom is -0.397 e. The van der Waals surface area contributed by atoms with Crippen molar-refractivity contribution in [3.8, 4) is 0 Å². The smallest absolute Gasteiger partial charge is 0.259 e. The van der Waals surface area contributed by atoms with E-state index in [0.29, 0.717) is 16.9 Å². The third kappa shape index (κ3) is 2.54. The number of aryl methyl sites for hydroxylation is 1. The second-order valence-electron chi connectivity index (χ2n) is 3.43. The van der Waals surface area contributed by atoms with Crippen LogP contribution >= 0.6 is 0 Å². The Morgan fingerprint density at radius 3 is 2.71 bits per heavy atom. The summed E-state index contributed by atoms with van der Waals surface area (Å²) in [6, 6.07) is 3.24. The van der Waals surface area contributed by atoms with Crippen LogP contribution in [0.15, 0.2) is 30.7 Å². The summed E-state index contributed by atoms with van der Waals surface area (Å²) in [6.07, 6.45) is 4.60. The maximum atomic E-state index is 11.9. The summed E-state index contributed by atoms with van der Waals surface area (Å²) in [5.41, 5.74) is 7.04. The first kappa shape index (κ1) is 11.0. The van der Waals surface area contributed by atoms with E-state index in [1.165, 1.54) is 6.20 Å². The van der Waals surface area contributed by atoms with Crippen LogP contribution in [0.5, 0.6) is 0 Å². The van der Waals surface area contributed by atoms with Gasteiger partial charge in [0.05, 0.1) is 23.1 Å². The summed E-state index contributed by atoms with van der Waals surface area (Å²) >= 11 is 0. The van der Waals surface area contributed by atoms with Crippen molar-refractivity contribution in [3.63, 3.8) is 0 Å². The van der Waals surface area contributed by atoms with Crippen LogP contribution in [0.3, 0.4) is 0 Å². The highest BCUT2D eigenvalue weighted by atomic mass is 16.1. The summed E-state index contributed by atoms with van der Waals surface area (Å²) in [7, 11) is 0. The van der Waals surface area contributed by atoms with Crippen LogP contribution in [0, 0.1) is 6.92 Å². The molecular weight excluding hydrogens is 218 g/mol. The highest BCUT2D eigenvalue weighted by molar-refractivity contribution is 6.04. The molecule has 17 heavy (non-hydrogen) atoms. The van der Waals surface area contributed by atoms with E-state index in [4.69, 9.17) is 5.73 Å². The Labute approximate surface area is 97.9 Å². The van der Waals surface area contributed by atoms with Gasteiger partial charge in [-0.1, -0.05) is 0 Å². The van der Waals surface area contributed by atoms with E-state index in [1.807, 2.05) is 0 Å². The average Bonchev–Trinajstić information content (AvgIpc) is 2.33. The van der Waals surface area contributed by atoms with Crippen molar-refractivity contribution in [1.29, 1.82) is 0 Å². The van der Waals surface area contributed by atoms with Crippen molar-refractivity contribution in [1.82, 2.24) is 15.0 Å². The highest BCUT2D eigenvalue weighted by Crippen LogP contribution is 2.11. The molecule has 0 saturated heterocycles. The second kappa shape index (κ2) is 4.56. The normalized spacial score (nSPS) is 9.94. The standard InChI is InChI=1S/C11H11N5O/c1-7-9(5-8(12)6-15-7)10(17)16-11-13-3-2-4-14-11/h2-6H,12H2,1H3,(H,13,14,16,17). The molecule has 2 aromatic heterocycles. The highest BCUT2D eigenvalue weighted by Gasteiger charge is 2.11. The Morgan fingerprint density at radius 2 is 2.00 bits per heavy atom. The van der Waals surface area contributed by atoms with Crippen LogP contribution in [0.4, 0.5) is 11.6 Å². The van der Waals surface area contributed by atoms with Crippen LogP contribution in [0.25, 0.3) is 0 Å². The molecule has 6 nitrogen and oxygen atoms in total. The number of nitrogens with two attached hydrogens (primary N) is 1. The summed E-state index contributed by atoms with van der Waals surface area (Å²) in [6.45, 7) is 1.74. The fourth-order valence-corrected chi connectivity index (χ4v) is 1.31. The molecule has 2 aromatic rings. The zero-order valence-corrected chi connectivity index (χ0v) is 9.21. The molecule has 2 heterocycles. The number of aromatic nitrogens is 3. The second-order valence-corrected chi connectivity index (χ2v) is 3.43. The molecule has 0 aliphatic heterocycles. The lowest BCUT2D eigenvalue weighted by Crippen LogP contribution is -2.16. The fourth-order valence-electron chi connectivity index (χ4n) is 1.31. The molecule has 0 aliphatic carbocycles. The number of pyridine rings is 1. The van der Waals surface area contributed by atoms with E-state index in [1.54, 1.807) is 31.5 Å². The molecule has 0 bridgehead atoms. The van der Waals surface area contributed by atoms with Crippen LogP contribution < -0.4 is 11.1 Å². The number of carbonyl (C=O) groups excluding carboxylic acids is 1. The van der Waals surface area contributed by atoms with Crippen molar-refractivity contribution in [3.05, 3.63) is 42.0 Å². The molecule has 0 saturated carbocycles. The Bertz CT molecular complexity index is 541. The average molecular weight is 229 g/mol. The number of carbonyl (C=O) groups is 1. The topological polar surface area (TPSA) is 93.8 Å². The van der Waals surface area contributed by atoms with Crippen LogP contribution in [-0.2, 0) is 0 Å². The Morgan fingerprint density at radius 1 is 1.29 bits per heavy atom. The van der Waals surface area contributed by atoms with Gasteiger partial charge < -0.3 is 5.73 Å². The van der Waals surface area contributed by atoms with Gasteiger partial charge in [0.25, 0.3) is 5.91 Å². The van der Waals surface area contributed by atoms with Gasteiger partial charge in [-0.15, -0.1) is 0 Å². The molecule has 0 aliphatic rings. The Hall–Kier alpha value is -2.50. The van der Waals surface area contributed by atoms with Gasteiger partial charge >= 0.3 is 0 Å². The van der Waals surface area contributed by atoms with Crippen LogP contribution in [-0.4, -0.2) is 20.9 Å². The van der Waals surface area contributed by atoms with Gasteiger partial charge in [-0.05, 0) is 19.1 Å². The first-order chi connectivity index (χ1) is 8.16. The number of nitrogens with one attached hydrogen (secondary N) is 1. The number of hydrogen-bond acceptors (Lipinski definition) is 5. The number of rotatable bonds is 2. The molecule has 3 N–H and O–H groups in total. The largest absolute Gasteiger partial charge is 0.397 e. The maximum absolute atomic E-state index is 11.9. The van der Waals surface area contributed by atoms with Gasteiger partial charge in [0.15, 0.2) is 0 Å². The third-order valence-corrected chi connectivity index (χ3v) is 2.14. The SMILES string of the molecule is Cc1ncc(N)cc1C(=O)Nc1ncccn1. The zero-order chi connectivity index (χ0) is 12.3. The molecule has 86 valence electrons. The summed E-state index contributed by atoms with van der Waals surface area (Å²) in [4.78, 5) is 23.7. The minimum atomic E-state index is -0.325. The van der Waals surface area contributed by atoms with Gasteiger partial charge in [0.2, 0.25) is 5.95 Å². The summed E-state index contributed by atoms with van der Waals surface area (Å²) in [5, 5.41) is 2.57. The van der Waals surface area contributed by atoms with E-state index in [-0.39, 0.29) is 11.9 Å². The predicted molar refractivity (Wildman–Crippen MR) is 63.4 cm³/mol. The molecule has 1 amide bonds. The van der Waals surface area contributed by atoms with E-state index in [2.05, 4.69) is 20.3 Å². The molecule has 0 fully saturated rings. The molecule has 0 unspecified atom stereocenters. The number of anilines is 2. The molecule has 0 radical (unpaired) electrons. The van der Waals surface area contributed by atoms with Gasteiger partial charge in [0, 0.05) is 12.4 Å². The monoisotopic (exact) mass is 229 g/mol. The predicted octanol–water partition coefficient (Wildman–Crippen LogP) is 1.01. The maximum Gasteiger partial charge on any atom is 0.259 e. The Balaban J connectivity index is 2.23. The van der Waals surface area contributed by atoms with E-state index in [0.717, 1.165) is 0 Å². The van der Waals surface area contributed by atoms with E-state index in [9.17, 15) is 4.79 Å². The number of nitrogens with zero attached hydrogens (tertiary/aromatic N) is 3. The molecule has 6 heteroatoms. The minimum absolute atomic E-state index is 0.249. The van der Waals surface area contributed by atoms with Gasteiger partial charge in [-0.25, -0.2) is 9.97 Å². The molecule has 0 atom stereocenters. The number of nitrogen functional groups attached to an aromatic ring is 1. The van der Waals surface area contributed by atoms with Gasteiger partial charge in [-0.2, -0.15) is 0 Å². The number of hydrogen-bond donors (Lipinski definition) is 2. The number of amides is 1. The lowest BCUT2D eigenvalue weighted by atomic mass is 10.2. The lowest BCUT2D eigenvalue weighted by Gasteiger charge is -2.06. The molecule has 0 spiro atoms. The third-order valence-electron chi connectivity index (χ3n) is 2.14. The Kier molecular flexibility index (Phi) is 2.95. The summed E-state index contributed by atoms with van der Waals surface area (Å²) in [5.74, 6) is -0.0761. The van der Waals surface area contributed by atoms with Crippen molar-refractivity contribution in [2.45, 2.75) is 6.92 Å². The molecular formula is C11H11N5O. The van der Waals surface area contributed by atoms with E-state index < -0.39 is 0 Å². The van der Waals surface area contributed by atoms with Crippen molar-refractivity contribution >= 4 is 17.5 Å². The first-order valence-corrected chi connectivity index (χ1v) is 4.97. The first-order valence-electron chi connectivity index (χ1n) is 4.97. The van der Waals surface area contributed by atoms with Crippen molar-refractivity contribution < 1.29 is 4.79 Å². The quantitative estimate of drug-likeness (QED) is 0.801. The van der Waals surface area contributed by atoms with Crippen molar-refractivity contribution in [2.75, 3.05) is 11.1 Å². The van der Waals surface area contributed by atoms with Crippen LogP contribution in [0.1, 0.15) is 16.1 Å². The van der Waals surface area contributed by atoms with Gasteiger partial charge in [0.1, 0.15) is 0 Å². The van der Waals surface area contributed by atoms with Crippen LogP contribution in [0.2, 0.25) is 0 Å². The lowest BCUT2D eigenvalue weighted by molar-refractivity contribution is 0.102. The van der Waals surface area contributed by atoms with Crippen molar-refractivity contribution in [2.24, 2.45) is 0 Å². The molecule has 0 aromatic carbocycles. The fraction of sp³-hybridized carbons (Fsp3) is 0.0909. The summed E-state index contributed by atoms with van der Waals surface area (Å²) < 4.78 is 0.